The molecule has 1 heterocycles. The molecule has 212 valence electrons. The molecule has 0 saturated heterocycles. The fraction of sp³-hybridized carbons (Fsp3) is 0.781. The van der Waals surface area contributed by atoms with Crippen LogP contribution in [0.5, 0.6) is 0 Å². The van der Waals surface area contributed by atoms with E-state index in [1.165, 1.54) is 83.5 Å². The van der Waals surface area contributed by atoms with Crippen molar-refractivity contribution < 1.29 is 19.1 Å². The fourth-order valence-electron chi connectivity index (χ4n) is 4.60. The lowest BCUT2D eigenvalue weighted by Crippen LogP contribution is -2.20. The Morgan fingerprint density at radius 3 is 1.62 bits per heavy atom. The minimum atomic E-state index is -0.476. The molecule has 0 aliphatic rings. The predicted octanol–water partition coefficient (Wildman–Crippen LogP) is 9.63. The van der Waals surface area contributed by atoms with Crippen LogP contribution in [0.15, 0.2) is 18.2 Å². The Balaban J connectivity index is 2.13. The van der Waals surface area contributed by atoms with Crippen LogP contribution in [0.4, 0.5) is 0 Å². The zero-order valence-corrected chi connectivity index (χ0v) is 24.2. The van der Waals surface area contributed by atoms with Crippen LogP contribution < -0.4 is 0 Å². The van der Waals surface area contributed by atoms with Gasteiger partial charge in [0.2, 0.25) is 0 Å². The molecule has 0 fully saturated rings. The normalized spacial score (nSPS) is 11.9. The summed E-state index contributed by atoms with van der Waals surface area (Å²) >= 11 is 0. The van der Waals surface area contributed by atoms with Crippen LogP contribution in [-0.2, 0) is 9.47 Å². The van der Waals surface area contributed by atoms with Crippen LogP contribution in [0, 0.1) is 0 Å². The van der Waals surface area contributed by atoms with Crippen LogP contribution in [0.1, 0.15) is 170 Å². The number of hydrogen-bond acceptors (Lipinski definition) is 5. The minimum absolute atomic E-state index is 0.0973. The van der Waals surface area contributed by atoms with Gasteiger partial charge < -0.3 is 9.47 Å². The second kappa shape index (κ2) is 23.2. The van der Waals surface area contributed by atoms with Crippen molar-refractivity contribution in [2.75, 3.05) is 6.61 Å². The maximum absolute atomic E-state index is 12.5. The Labute approximate surface area is 227 Å². The van der Waals surface area contributed by atoms with E-state index in [-0.39, 0.29) is 17.5 Å². The summed E-state index contributed by atoms with van der Waals surface area (Å²) in [5, 5.41) is 0. The van der Waals surface area contributed by atoms with Crippen molar-refractivity contribution in [3.63, 3.8) is 0 Å². The number of esters is 2. The van der Waals surface area contributed by atoms with Crippen LogP contribution in [0.25, 0.3) is 0 Å². The second-order valence-electron chi connectivity index (χ2n) is 10.5. The summed E-state index contributed by atoms with van der Waals surface area (Å²) in [6, 6.07) is 4.84. The zero-order chi connectivity index (χ0) is 27.0. The third-order valence-electron chi connectivity index (χ3n) is 6.91. The maximum Gasteiger partial charge on any atom is 0.357 e. The predicted molar refractivity (Wildman–Crippen MR) is 153 cm³/mol. The largest absolute Gasteiger partial charge is 0.461 e. The first-order valence-electron chi connectivity index (χ1n) is 15.5. The van der Waals surface area contributed by atoms with Gasteiger partial charge in [0.05, 0.1) is 6.61 Å². The number of carbonyl (C=O) groups is 2. The van der Waals surface area contributed by atoms with E-state index in [2.05, 4.69) is 25.8 Å². The van der Waals surface area contributed by atoms with Crippen molar-refractivity contribution >= 4 is 11.9 Å². The number of hydrogen-bond donors (Lipinski definition) is 0. The summed E-state index contributed by atoms with van der Waals surface area (Å²) in [5.41, 5.74) is 0.329. The molecule has 1 unspecified atom stereocenters. The molecule has 0 spiro atoms. The SMILES string of the molecule is CCCCCCCCCCCCCCCCCOC(=O)c1cccc(C(=O)OC(CCC)CCCC)n1. The Morgan fingerprint density at radius 1 is 0.622 bits per heavy atom. The van der Waals surface area contributed by atoms with Gasteiger partial charge in [-0.25, -0.2) is 14.6 Å². The Hall–Kier alpha value is -1.91. The molecule has 37 heavy (non-hydrogen) atoms. The van der Waals surface area contributed by atoms with Crippen molar-refractivity contribution in [2.24, 2.45) is 0 Å². The number of pyridine rings is 1. The van der Waals surface area contributed by atoms with Gasteiger partial charge in [0.1, 0.15) is 17.5 Å². The summed E-state index contributed by atoms with van der Waals surface area (Å²) in [6.45, 7) is 6.87. The molecule has 5 heteroatoms. The molecule has 0 bridgehead atoms. The number of aromatic nitrogens is 1. The number of unbranched alkanes of at least 4 members (excludes halogenated alkanes) is 15. The number of carbonyl (C=O) groups excluding carboxylic acids is 2. The van der Waals surface area contributed by atoms with Crippen molar-refractivity contribution in [3.05, 3.63) is 29.6 Å². The average Bonchev–Trinajstić information content (AvgIpc) is 2.91. The molecule has 1 aromatic heterocycles. The van der Waals surface area contributed by atoms with Crippen molar-refractivity contribution in [1.82, 2.24) is 4.98 Å². The second-order valence-corrected chi connectivity index (χ2v) is 10.5. The highest BCUT2D eigenvalue weighted by molar-refractivity contribution is 5.91. The van der Waals surface area contributed by atoms with Gasteiger partial charge in [-0.1, -0.05) is 136 Å². The van der Waals surface area contributed by atoms with E-state index in [0.29, 0.717) is 6.61 Å². The Morgan fingerprint density at radius 2 is 1.11 bits per heavy atom. The molecule has 0 aliphatic carbocycles. The van der Waals surface area contributed by atoms with E-state index in [0.717, 1.165) is 44.9 Å². The lowest BCUT2D eigenvalue weighted by molar-refractivity contribution is 0.0247. The van der Waals surface area contributed by atoms with Gasteiger partial charge in [-0.15, -0.1) is 0 Å². The molecular weight excluding hydrogens is 462 g/mol. The van der Waals surface area contributed by atoms with Crippen LogP contribution in [-0.4, -0.2) is 29.6 Å². The Bertz CT molecular complexity index is 706. The minimum Gasteiger partial charge on any atom is -0.461 e. The first-order chi connectivity index (χ1) is 18.1. The standard InChI is InChI=1S/C32H55NO4/c1-4-7-9-10-11-12-13-14-15-16-17-18-19-20-21-27-36-31(34)29-25-22-26-30(33-29)32(35)37-28(23-6-3)24-8-5-2/h22,25-26,28H,4-21,23-24,27H2,1-3H3. The van der Waals surface area contributed by atoms with Gasteiger partial charge >= 0.3 is 11.9 Å². The molecule has 1 rings (SSSR count). The lowest BCUT2D eigenvalue weighted by Gasteiger charge is -2.16. The third-order valence-corrected chi connectivity index (χ3v) is 6.91. The monoisotopic (exact) mass is 517 g/mol. The molecular formula is C32H55NO4. The molecule has 5 nitrogen and oxygen atoms in total. The molecule has 0 aliphatic heterocycles. The zero-order valence-electron chi connectivity index (χ0n) is 24.2. The van der Waals surface area contributed by atoms with Gasteiger partial charge in [-0.05, 0) is 31.4 Å². The molecule has 1 atom stereocenters. The number of ether oxygens (including phenoxy) is 2. The molecule has 1 aromatic rings. The first-order valence-corrected chi connectivity index (χ1v) is 15.5. The highest BCUT2D eigenvalue weighted by Gasteiger charge is 2.18. The Kier molecular flexibility index (Phi) is 20.8. The van der Waals surface area contributed by atoms with Crippen LogP contribution in [0.3, 0.4) is 0 Å². The third kappa shape index (κ3) is 17.3. The lowest BCUT2D eigenvalue weighted by atomic mass is 10.0. The summed E-state index contributed by atoms with van der Waals surface area (Å²) in [7, 11) is 0. The van der Waals surface area contributed by atoms with E-state index >= 15 is 0 Å². The smallest absolute Gasteiger partial charge is 0.357 e. The van der Waals surface area contributed by atoms with Crippen LogP contribution in [0.2, 0.25) is 0 Å². The fourth-order valence-corrected chi connectivity index (χ4v) is 4.60. The molecule has 0 N–H and O–H groups in total. The van der Waals surface area contributed by atoms with Gasteiger partial charge in [0, 0.05) is 0 Å². The molecule has 0 saturated carbocycles. The summed E-state index contributed by atoms with van der Waals surface area (Å²) < 4.78 is 11.0. The molecule has 0 radical (unpaired) electrons. The molecule has 0 aromatic carbocycles. The van der Waals surface area contributed by atoms with E-state index < -0.39 is 11.9 Å². The van der Waals surface area contributed by atoms with E-state index in [4.69, 9.17) is 9.47 Å². The van der Waals surface area contributed by atoms with Gasteiger partial charge in [-0.3, -0.25) is 0 Å². The first kappa shape index (κ1) is 33.1. The average molecular weight is 518 g/mol. The van der Waals surface area contributed by atoms with Crippen molar-refractivity contribution in [2.45, 2.75) is 155 Å². The topological polar surface area (TPSA) is 65.5 Å². The highest BCUT2D eigenvalue weighted by atomic mass is 16.5. The van der Waals surface area contributed by atoms with Gasteiger partial charge in [0.25, 0.3) is 0 Å². The summed E-state index contributed by atoms with van der Waals surface area (Å²) in [6.07, 6.45) is 24.2. The number of rotatable bonds is 24. The summed E-state index contributed by atoms with van der Waals surface area (Å²) in [5.74, 6) is -0.942. The van der Waals surface area contributed by atoms with Crippen molar-refractivity contribution in [3.8, 4) is 0 Å². The van der Waals surface area contributed by atoms with Crippen molar-refractivity contribution in [1.29, 1.82) is 0 Å². The summed E-state index contributed by atoms with van der Waals surface area (Å²) in [4.78, 5) is 29.2. The van der Waals surface area contributed by atoms with Crippen LogP contribution >= 0.6 is 0 Å². The maximum atomic E-state index is 12.5. The highest BCUT2D eigenvalue weighted by Crippen LogP contribution is 2.15. The van der Waals surface area contributed by atoms with E-state index in [1.54, 1.807) is 18.2 Å². The van der Waals surface area contributed by atoms with Gasteiger partial charge in [-0.2, -0.15) is 0 Å². The number of nitrogens with zero attached hydrogens (tertiary/aromatic N) is 1. The van der Waals surface area contributed by atoms with E-state index in [9.17, 15) is 9.59 Å². The molecule has 0 amide bonds. The van der Waals surface area contributed by atoms with Gasteiger partial charge in [0.15, 0.2) is 0 Å². The van der Waals surface area contributed by atoms with E-state index in [1.807, 2.05) is 0 Å². The quantitative estimate of drug-likeness (QED) is 0.101.